The van der Waals surface area contributed by atoms with E-state index in [1.165, 1.54) is 39.3 Å². The summed E-state index contributed by atoms with van der Waals surface area (Å²) in [5.74, 6) is 0.279. The van der Waals surface area contributed by atoms with E-state index < -0.39 is 0 Å². The Balaban J connectivity index is 0.000000248. The third-order valence-corrected chi connectivity index (χ3v) is 6.39. The fraction of sp³-hybridized carbons (Fsp3) is 0.214. The van der Waals surface area contributed by atoms with Crippen LogP contribution in [0.3, 0.4) is 0 Å². The molecule has 176 valence electrons. The molecule has 6 heteroatoms. The number of rotatable bonds is 7. The van der Waals surface area contributed by atoms with Crippen LogP contribution in [0, 0.1) is 12.7 Å². The predicted molar refractivity (Wildman–Crippen MR) is 139 cm³/mol. The molecule has 0 radical (unpaired) electrons. The van der Waals surface area contributed by atoms with Gasteiger partial charge in [0.2, 0.25) is 0 Å². The molecule has 0 aliphatic heterocycles. The Morgan fingerprint density at radius 2 is 1.50 bits per heavy atom. The molecule has 3 aromatic carbocycles. The second-order valence-corrected chi connectivity index (χ2v) is 8.88. The number of anilines is 1. The lowest BCUT2D eigenvalue weighted by Crippen LogP contribution is -1.90. The summed E-state index contributed by atoms with van der Waals surface area (Å²) in [7, 11) is 1.95. The maximum Gasteiger partial charge on any atom is 0.293 e. The molecule has 0 fully saturated rings. The lowest BCUT2D eigenvalue weighted by atomic mass is 9.98. The predicted octanol–water partition coefficient (Wildman–Crippen LogP) is 7.45. The van der Waals surface area contributed by atoms with E-state index in [1.807, 2.05) is 14.0 Å². The monoisotopic (exact) mass is 476 g/mol. The fourth-order valence-electron chi connectivity index (χ4n) is 3.45. The summed E-state index contributed by atoms with van der Waals surface area (Å²) in [6.07, 6.45) is 0. The van der Waals surface area contributed by atoms with Crippen molar-refractivity contribution in [3.63, 3.8) is 0 Å². The van der Waals surface area contributed by atoms with Crippen LogP contribution < -0.4 is 5.32 Å². The van der Waals surface area contributed by atoms with Crippen molar-refractivity contribution in [1.82, 2.24) is 4.37 Å². The third kappa shape index (κ3) is 6.51. The number of benzene rings is 3. The van der Waals surface area contributed by atoms with Crippen molar-refractivity contribution in [2.45, 2.75) is 33.3 Å². The molecule has 0 spiro atoms. The Hall–Kier alpha value is -3.51. The van der Waals surface area contributed by atoms with Crippen molar-refractivity contribution in [1.29, 1.82) is 0 Å². The zero-order chi connectivity index (χ0) is 24.5. The van der Waals surface area contributed by atoms with Gasteiger partial charge in [0, 0.05) is 7.05 Å². The highest BCUT2D eigenvalue weighted by Gasteiger charge is 2.11. The van der Waals surface area contributed by atoms with E-state index in [2.05, 4.69) is 76.8 Å². The Kier molecular flexibility index (Phi) is 8.93. The molecule has 1 heterocycles. The maximum absolute atomic E-state index is 12.3. The van der Waals surface area contributed by atoms with Crippen LogP contribution in [0.4, 0.5) is 10.1 Å². The smallest absolute Gasteiger partial charge is 0.293 e. The minimum absolute atomic E-state index is 0.198. The molecule has 4 rings (SSSR count). The highest BCUT2D eigenvalue weighted by molar-refractivity contribution is 7.10. The van der Waals surface area contributed by atoms with E-state index in [-0.39, 0.29) is 12.4 Å². The zero-order valence-electron chi connectivity index (χ0n) is 19.8. The molecule has 1 aromatic heterocycles. The van der Waals surface area contributed by atoms with Crippen LogP contribution in [0.1, 0.15) is 36.6 Å². The Morgan fingerprint density at radius 1 is 0.941 bits per heavy atom. The van der Waals surface area contributed by atoms with Crippen LogP contribution >= 0.6 is 11.5 Å². The van der Waals surface area contributed by atoms with Crippen LogP contribution in [0.5, 0.6) is 0 Å². The number of nitrogens with one attached hydrogen (secondary N) is 1. The van der Waals surface area contributed by atoms with E-state index in [0.29, 0.717) is 12.4 Å². The first-order valence-electron chi connectivity index (χ1n) is 11.1. The summed E-state index contributed by atoms with van der Waals surface area (Å²) in [6, 6.07) is 23.4. The molecular weight excluding hydrogens is 447 g/mol. The van der Waals surface area contributed by atoms with Crippen LogP contribution in [-0.2, 0) is 16.1 Å². The van der Waals surface area contributed by atoms with Gasteiger partial charge in [-0.2, -0.15) is 4.37 Å². The number of hydrogen-bond acceptors (Lipinski definition) is 5. The van der Waals surface area contributed by atoms with Gasteiger partial charge in [-0.15, -0.1) is 0 Å². The molecule has 0 saturated carbocycles. The first-order valence-corrected chi connectivity index (χ1v) is 11.8. The molecular formula is C28H29FN2O2S. The lowest BCUT2D eigenvalue weighted by molar-refractivity contribution is -0.129. The minimum atomic E-state index is -0.292. The Bertz CT molecular complexity index is 1180. The first kappa shape index (κ1) is 25.1. The first-order chi connectivity index (χ1) is 16.4. The van der Waals surface area contributed by atoms with Crippen molar-refractivity contribution in [2.75, 3.05) is 12.4 Å². The summed E-state index contributed by atoms with van der Waals surface area (Å²) in [4.78, 5) is 10.9. The van der Waals surface area contributed by atoms with E-state index in [0.717, 1.165) is 16.9 Å². The van der Waals surface area contributed by atoms with Crippen molar-refractivity contribution >= 4 is 23.7 Å². The van der Waals surface area contributed by atoms with Crippen molar-refractivity contribution < 1.29 is 13.9 Å². The summed E-state index contributed by atoms with van der Waals surface area (Å²) < 4.78 is 21.2. The topological polar surface area (TPSA) is 51.2 Å². The van der Waals surface area contributed by atoms with Gasteiger partial charge in [0.1, 0.15) is 12.4 Å². The number of ether oxygens (including phenoxy) is 1. The SMILES string of the molecule is CNc1c(C)nsc1-c1ccc(-c2ccc(C(C)C)cc2)cc1.O=COCc1ccc(F)cc1. The van der Waals surface area contributed by atoms with Crippen LogP contribution in [0.15, 0.2) is 72.8 Å². The number of carbonyl (C=O) groups excluding carboxylic acids is 1. The third-order valence-electron chi connectivity index (χ3n) is 5.40. The number of aryl methyl sites for hydroxylation is 1. The molecule has 0 aliphatic rings. The van der Waals surface area contributed by atoms with Gasteiger partial charge in [-0.25, -0.2) is 4.39 Å². The summed E-state index contributed by atoms with van der Waals surface area (Å²) in [6.45, 7) is 7.05. The van der Waals surface area contributed by atoms with Gasteiger partial charge in [-0.05, 0) is 64.3 Å². The number of halogens is 1. The van der Waals surface area contributed by atoms with Crippen LogP contribution in [0.25, 0.3) is 21.6 Å². The molecule has 0 aliphatic carbocycles. The van der Waals surface area contributed by atoms with Gasteiger partial charge in [0.05, 0.1) is 16.3 Å². The number of carbonyl (C=O) groups is 1. The lowest BCUT2D eigenvalue weighted by Gasteiger charge is -2.08. The van der Waals surface area contributed by atoms with Gasteiger partial charge in [-0.1, -0.05) is 74.5 Å². The highest BCUT2D eigenvalue weighted by Crippen LogP contribution is 2.35. The highest BCUT2D eigenvalue weighted by atomic mass is 32.1. The van der Waals surface area contributed by atoms with Crippen LogP contribution in [0.2, 0.25) is 0 Å². The standard InChI is InChI=1S/C20H22N2S.C8H7FO2/c1-13(2)15-5-7-16(8-6-15)17-9-11-18(12-10-17)20-19(21-4)14(3)22-23-20;9-8-3-1-7(2-4-8)5-11-6-10/h5-13,21H,1-4H3;1-4,6H,5H2. The normalized spacial score (nSPS) is 10.4. The van der Waals surface area contributed by atoms with Crippen molar-refractivity contribution in [3.8, 4) is 21.6 Å². The molecule has 34 heavy (non-hydrogen) atoms. The average Bonchev–Trinajstić information content (AvgIpc) is 3.24. The van der Waals surface area contributed by atoms with E-state index in [9.17, 15) is 9.18 Å². The van der Waals surface area contributed by atoms with Crippen molar-refractivity contribution in [3.05, 3.63) is 95.4 Å². The molecule has 0 atom stereocenters. The molecule has 1 N–H and O–H groups in total. The average molecular weight is 477 g/mol. The minimum Gasteiger partial charge on any atom is -0.463 e. The Labute approximate surface area is 204 Å². The van der Waals surface area contributed by atoms with Gasteiger partial charge in [0.15, 0.2) is 0 Å². The number of hydrogen-bond donors (Lipinski definition) is 1. The largest absolute Gasteiger partial charge is 0.463 e. The molecule has 4 nitrogen and oxygen atoms in total. The number of nitrogens with zero attached hydrogens (tertiary/aromatic N) is 1. The summed E-state index contributed by atoms with van der Waals surface area (Å²) >= 11 is 1.55. The van der Waals surface area contributed by atoms with Gasteiger partial charge in [0.25, 0.3) is 6.47 Å². The summed E-state index contributed by atoms with van der Waals surface area (Å²) in [5, 5.41) is 3.25. The molecule has 0 saturated heterocycles. The second-order valence-electron chi connectivity index (χ2n) is 8.11. The summed E-state index contributed by atoms with van der Waals surface area (Å²) in [5.41, 5.74) is 8.06. The molecule has 0 amide bonds. The van der Waals surface area contributed by atoms with Gasteiger partial charge >= 0.3 is 0 Å². The molecule has 0 bridgehead atoms. The number of aromatic nitrogens is 1. The second kappa shape index (κ2) is 12.1. The Morgan fingerprint density at radius 3 is 2.03 bits per heavy atom. The van der Waals surface area contributed by atoms with E-state index >= 15 is 0 Å². The zero-order valence-corrected chi connectivity index (χ0v) is 20.7. The maximum atomic E-state index is 12.3. The molecule has 0 unspecified atom stereocenters. The van der Waals surface area contributed by atoms with E-state index in [1.54, 1.807) is 23.7 Å². The quantitative estimate of drug-likeness (QED) is 0.282. The molecule has 4 aromatic rings. The van der Waals surface area contributed by atoms with Gasteiger partial charge < -0.3 is 10.1 Å². The van der Waals surface area contributed by atoms with Gasteiger partial charge in [-0.3, -0.25) is 4.79 Å². The fourth-order valence-corrected chi connectivity index (χ4v) is 4.35. The van der Waals surface area contributed by atoms with Crippen molar-refractivity contribution in [2.24, 2.45) is 0 Å². The van der Waals surface area contributed by atoms with Crippen LogP contribution in [-0.4, -0.2) is 17.9 Å². The van der Waals surface area contributed by atoms with E-state index in [4.69, 9.17) is 0 Å².